The molecule has 0 aliphatic heterocycles. The van der Waals surface area contributed by atoms with Gasteiger partial charge in [0.05, 0.1) is 11.0 Å². The highest BCUT2D eigenvalue weighted by atomic mass is 16.3. The lowest BCUT2D eigenvalue weighted by Gasteiger charge is -2.14. The van der Waals surface area contributed by atoms with Gasteiger partial charge in [0.25, 0.3) is 0 Å². The average molecular weight is 464 g/mol. The lowest BCUT2D eigenvalue weighted by Crippen LogP contribution is -1.98. The molecule has 2 heterocycles. The normalized spacial score (nSPS) is 11.4. The van der Waals surface area contributed by atoms with E-state index in [1.165, 1.54) is 0 Å². The predicted octanol–water partition coefficient (Wildman–Crippen LogP) is 7.77. The second-order valence-electron chi connectivity index (χ2n) is 8.84. The summed E-state index contributed by atoms with van der Waals surface area (Å²) < 4.78 is 2.22. The first-order valence-electron chi connectivity index (χ1n) is 11.9. The fraction of sp³-hybridized carbons (Fsp3) is 0. The minimum absolute atomic E-state index is 0.197. The molecule has 4 nitrogen and oxygen atoms in total. The zero-order valence-electron chi connectivity index (χ0n) is 19.3. The Morgan fingerprint density at radius 3 is 2.19 bits per heavy atom. The van der Waals surface area contributed by atoms with Gasteiger partial charge in [-0.05, 0) is 52.7 Å². The maximum atomic E-state index is 11.2. The third kappa shape index (κ3) is 3.08. The number of hydrogen-bond donors (Lipinski definition) is 1. The summed E-state index contributed by atoms with van der Waals surface area (Å²) in [7, 11) is 0. The summed E-state index contributed by atoms with van der Waals surface area (Å²) in [5.41, 5.74) is 6.43. The monoisotopic (exact) mass is 463 g/mol. The first-order chi connectivity index (χ1) is 17.8. The summed E-state index contributed by atoms with van der Waals surface area (Å²) in [6.45, 7) is 0. The molecule has 0 bridgehead atoms. The molecule has 4 heteroatoms. The van der Waals surface area contributed by atoms with Gasteiger partial charge in [-0.25, -0.2) is 4.98 Å². The largest absolute Gasteiger partial charge is 0.505 e. The Bertz CT molecular complexity index is 1900. The van der Waals surface area contributed by atoms with E-state index in [9.17, 15) is 5.11 Å². The Morgan fingerprint density at radius 2 is 1.33 bits per heavy atom. The maximum Gasteiger partial charge on any atom is 0.149 e. The third-order valence-corrected chi connectivity index (χ3v) is 6.78. The van der Waals surface area contributed by atoms with E-state index >= 15 is 0 Å². The molecule has 1 N–H and O–H groups in total. The van der Waals surface area contributed by atoms with E-state index in [1.54, 1.807) is 6.20 Å². The Kier molecular flexibility index (Phi) is 4.57. The minimum atomic E-state index is 0.197. The Morgan fingerprint density at radius 1 is 0.583 bits per heavy atom. The zero-order valence-corrected chi connectivity index (χ0v) is 19.3. The first kappa shape index (κ1) is 20.4. The molecule has 170 valence electrons. The SMILES string of the molecule is Oc1c(-c2cccc3c(-c4nc5ccccc5n4-c4ccccc4)cccc23)ccc2cccnc12. The summed E-state index contributed by atoms with van der Waals surface area (Å²) in [6, 6.07) is 38.9. The number of phenolic OH excluding ortho intramolecular Hbond substituents is 1. The number of imidazole rings is 1. The smallest absolute Gasteiger partial charge is 0.149 e. The maximum absolute atomic E-state index is 11.2. The van der Waals surface area contributed by atoms with Crippen LogP contribution in [0.4, 0.5) is 0 Å². The summed E-state index contributed by atoms with van der Waals surface area (Å²) in [4.78, 5) is 9.49. The molecule has 0 spiro atoms. The van der Waals surface area contributed by atoms with Crippen molar-refractivity contribution in [1.29, 1.82) is 0 Å². The molecule has 0 atom stereocenters. The third-order valence-electron chi connectivity index (χ3n) is 6.78. The van der Waals surface area contributed by atoms with E-state index in [2.05, 4.69) is 64.1 Å². The summed E-state index contributed by atoms with van der Waals surface area (Å²) in [6.07, 6.45) is 1.71. The molecule has 36 heavy (non-hydrogen) atoms. The quantitative estimate of drug-likeness (QED) is 0.291. The highest BCUT2D eigenvalue weighted by molar-refractivity contribution is 6.06. The predicted molar refractivity (Wildman–Crippen MR) is 146 cm³/mol. The van der Waals surface area contributed by atoms with Crippen LogP contribution in [-0.2, 0) is 0 Å². The van der Waals surface area contributed by atoms with Crippen molar-refractivity contribution >= 4 is 32.7 Å². The number of phenols is 1. The lowest BCUT2D eigenvalue weighted by molar-refractivity contribution is 0.482. The molecular weight excluding hydrogens is 442 g/mol. The highest BCUT2D eigenvalue weighted by Gasteiger charge is 2.18. The van der Waals surface area contributed by atoms with Crippen LogP contribution in [0.25, 0.3) is 60.9 Å². The van der Waals surface area contributed by atoms with Gasteiger partial charge in [-0.3, -0.25) is 9.55 Å². The van der Waals surface area contributed by atoms with Gasteiger partial charge in [-0.15, -0.1) is 0 Å². The van der Waals surface area contributed by atoms with E-state index in [0.717, 1.165) is 55.4 Å². The van der Waals surface area contributed by atoms with Crippen molar-refractivity contribution in [2.24, 2.45) is 0 Å². The molecular formula is C32H21N3O. The van der Waals surface area contributed by atoms with Gasteiger partial charge in [0.1, 0.15) is 17.1 Å². The van der Waals surface area contributed by atoms with Gasteiger partial charge >= 0.3 is 0 Å². The number of aromatic nitrogens is 3. The number of fused-ring (bicyclic) bond motifs is 3. The Labute approximate surface area is 207 Å². The van der Waals surface area contributed by atoms with Crippen molar-refractivity contribution in [2.75, 3.05) is 0 Å². The van der Waals surface area contributed by atoms with Gasteiger partial charge < -0.3 is 5.11 Å². The highest BCUT2D eigenvalue weighted by Crippen LogP contribution is 2.41. The average Bonchev–Trinajstić information content (AvgIpc) is 3.33. The van der Waals surface area contributed by atoms with Crippen LogP contribution in [0.1, 0.15) is 0 Å². The van der Waals surface area contributed by atoms with Crippen LogP contribution < -0.4 is 0 Å². The van der Waals surface area contributed by atoms with Crippen molar-refractivity contribution in [1.82, 2.24) is 14.5 Å². The van der Waals surface area contributed by atoms with Crippen LogP contribution in [-0.4, -0.2) is 19.6 Å². The number of benzene rings is 5. The Hall–Kier alpha value is -4.96. The fourth-order valence-corrected chi connectivity index (χ4v) is 5.13. The van der Waals surface area contributed by atoms with E-state index < -0.39 is 0 Å². The number of hydrogen-bond acceptors (Lipinski definition) is 3. The fourth-order valence-electron chi connectivity index (χ4n) is 5.13. The van der Waals surface area contributed by atoms with Crippen molar-refractivity contribution in [3.63, 3.8) is 0 Å². The van der Waals surface area contributed by atoms with Crippen molar-refractivity contribution in [3.8, 4) is 34.0 Å². The molecule has 0 radical (unpaired) electrons. The Balaban J connectivity index is 1.51. The zero-order chi connectivity index (χ0) is 24.1. The van der Waals surface area contributed by atoms with E-state index in [0.29, 0.717) is 5.52 Å². The first-order valence-corrected chi connectivity index (χ1v) is 11.9. The van der Waals surface area contributed by atoms with Gasteiger partial charge in [0.15, 0.2) is 0 Å². The van der Waals surface area contributed by atoms with Gasteiger partial charge in [0.2, 0.25) is 0 Å². The van der Waals surface area contributed by atoms with E-state index in [1.807, 2.05) is 60.7 Å². The van der Waals surface area contributed by atoms with Crippen LogP contribution in [0.2, 0.25) is 0 Å². The lowest BCUT2D eigenvalue weighted by atomic mass is 9.94. The second-order valence-corrected chi connectivity index (χ2v) is 8.84. The van der Waals surface area contributed by atoms with Crippen molar-refractivity contribution in [3.05, 3.63) is 121 Å². The second kappa shape index (κ2) is 8.07. The molecule has 0 unspecified atom stereocenters. The molecule has 0 saturated carbocycles. The molecule has 0 fully saturated rings. The van der Waals surface area contributed by atoms with Crippen molar-refractivity contribution < 1.29 is 5.11 Å². The number of rotatable bonds is 3. The summed E-state index contributed by atoms with van der Waals surface area (Å²) >= 11 is 0. The summed E-state index contributed by atoms with van der Waals surface area (Å²) in [5, 5.41) is 14.2. The van der Waals surface area contributed by atoms with Gasteiger partial charge in [-0.1, -0.05) is 78.9 Å². The minimum Gasteiger partial charge on any atom is -0.505 e. The van der Waals surface area contributed by atoms with Crippen LogP contribution in [0.5, 0.6) is 5.75 Å². The molecule has 0 saturated heterocycles. The molecule has 0 aliphatic rings. The topological polar surface area (TPSA) is 50.9 Å². The van der Waals surface area contributed by atoms with E-state index in [-0.39, 0.29) is 5.75 Å². The molecule has 7 aromatic rings. The number of aromatic hydroxyl groups is 1. The number of para-hydroxylation sites is 3. The number of pyridine rings is 1. The van der Waals surface area contributed by atoms with Gasteiger partial charge in [0, 0.05) is 28.4 Å². The molecule has 7 rings (SSSR count). The van der Waals surface area contributed by atoms with E-state index in [4.69, 9.17) is 4.98 Å². The molecule has 0 amide bonds. The van der Waals surface area contributed by atoms with Crippen LogP contribution in [0.3, 0.4) is 0 Å². The van der Waals surface area contributed by atoms with Crippen molar-refractivity contribution in [2.45, 2.75) is 0 Å². The molecule has 2 aromatic heterocycles. The number of nitrogens with zero attached hydrogens (tertiary/aromatic N) is 3. The standard InChI is InChI=1S/C32H21N3O/c36-31-26(19-18-21-9-8-20-33-30(21)31)24-13-6-14-25-23(24)12-7-15-27(25)32-34-28-16-4-5-17-29(28)35(32)22-10-2-1-3-11-22/h1-20,36H. The molecule has 5 aromatic carbocycles. The van der Waals surface area contributed by atoms with Crippen LogP contribution in [0.15, 0.2) is 121 Å². The van der Waals surface area contributed by atoms with Crippen LogP contribution >= 0.6 is 0 Å². The van der Waals surface area contributed by atoms with Crippen LogP contribution in [0, 0.1) is 0 Å². The van der Waals surface area contributed by atoms with Gasteiger partial charge in [-0.2, -0.15) is 0 Å². The summed E-state index contributed by atoms with van der Waals surface area (Å²) in [5.74, 6) is 1.08. The molecule has 0 aliphatic carbocycles.